The van der Waals surface area contributed by atoms with Crippen LogP contribution in [0, 0.1) is 0 Å². The van der Waals surface area contributed by atoms with E-state index in [-0.39, 0.29) is 5.91 Å². The minimum absolute atomic E-state index is 0.180. The number of carbonyl (C=O) groups is 1. The molecule has 5 heteroatoms. The molecule has 4 rings (SSSR count). The summed E-state index contributed by atoms with van der Waals surface area (Å²) >= 11 is 0. The summed E-state index contributed by atoms with van der Waals surface area (Å²) in [6.07, 6.45) is 1.84. The Morgan fingerprint density at radius 2 is 1.78 bits per heavy atom. The number of ether oxygens (including phenoxy) is 2. The fourth-order valence-corrected chi connectivity index (χ4v) is 4.21. The molecule has 2 heterocycles. The van der Waals surface area contributed by atoms with Gasteiger partial charge in [0.15, 0.2) is 11.5 Å². The molecule has 5 nitrogen and oxygen atoms in total. The lowest BCUT2D eigenvalue weighted by molar-refractivity contribution is -0.130. The number of para-hydroxylation sites is 1. The average Bonchev–Trinajstić information content (AvgIpc) is 3.01. The summed E-state index contributed by atoms with van der Waals surface area (Å²) < 4.78 is 10.8. The van der Waals surface area contributed by atoms with Gasteiger partial charge in [0, 0.05) is 24.8 Å². The van der Waals surface area contributed by atoms with Crippen molar-refractivity contribution in [1.82, 2.24) is 4.90 Å². The zero-order valence-corrected chi connectivity index (χ0v) is 16.2. The number of hydrogen-bond donors (Lipinski definition) is 0. The Morgan fingerprint density at radius 1 is 1.07 bits per heavy atom. The molecule has 0 radical (unpaired) electrons. The maximum atomic E-state index is 13.0. The molecule has 2 aliphatic rings. The molecular weight excluding hydrogens is 340 g/mol. The average molecular weight is 366 g/mol. The van der Waals surface area contributed by atoms with Crippen molar-refractivity contribution in [2.75, 3.05) is 32.2 Å². The number of amides is 1. The summed E-state index contributed by atoms with van der Waals surface area (Å²) in [7, 11) is 3.29. The summed E-state index contributed by atoms with van der Waals surface area (Å²) in [5, 5.41) is 0. The summed E-state index contributed by atoms with van der Waals surface area (Å²) in [6.45, 7) is 3.99. The van der Waals surface area contributed by atoms with Crippen LogP contribution >= 0.6 is 0 Å². The highest BCUT2D eigenvalue weighted by Gasteiger charge is 2.30. The first-order valence-corrected chi connectivity index (χ1v) is 9.46. The number of methoxy groups -OCH3 is 2. The van der Waals surface area contributed by atoms with E-state index in [0.717, 1.165) is 30.7 Å². The minimum atomic E-state index is 0.180. The van der Waals surface area contributed by atoms with Gasteiger partial charge in [0.25, 0.3) is 0 Å². The SMILES string of the molecule is COc1cc2c(cc1OC)CN(C(=O)CN1c3ccccc3CC1C)CC2. The standard InChI is InChI=1S/C22H26N2O3/c1-15-10-17-6-4-5-7-19(17)24(15)14-22(25)23-9-8-16-11-20(26-2)21(27-3)12-18(16)13-23/h4-7,11-12,15H,8-10,13-14H2,1-3H3. The largest absolute Gasteiger partial charge is 0.493 e. The molecule has 2 aromatic rings. The van der Waals surface area contributed by atoms with Crippen LogP contribution in [0.3, 0.4) is 0 Å². The molecule has 0 aliphatic carbocycles. The lowest BCUT2D eigenvalue weighted by Gasteiger charge is -2.32. The van der Waals surface area contributed by atoms with Gasteiger partial charge in [-0.1, -0.05) is 18.2 Å². The Kier molecular flexibility index (Phi) is 4.68. The Labute approximate surface area is 160 Å². The van der Waals surface area contributed by atoms with Crippen LogP contribution in [0.2, 0.25) is 0 Å². The fraction of sp³-hybridized carbons (Fsp3) is 0.409. The van der Waals surface area contributed by atoms with Crippen LogP contribution in [-0.4, -0.2) is 44.2 Å². The minimum Gasteiger partial charge on any atom is -0.493 e. The summed E-state index contributed by atoms with van der Waals surface area (Å²) in [5.41, 5.74) is 4.90. The van der Waals surface area contributed by atoms with Gasteiger partial charge in [-0.15, -0.1) is 0 Å². The third-order valence-electron chi connectivity index (χ3n) is 5.72. The highest BCUT2D eigenvalue weighted by atomic mass is 16.5. The topological polar surface area (TPSA) is 42.0 Å². The summed E-state index contributed by atoms with van der Waals surface area (Å²) in [6, 6.07) is 12.8. The first-order chi connectivity index (χ1) is 13.1. The number of benzene rings is 2. The van der Waals surface area contributed by atoms with E-state index < -0.39 is 0 Å². The highest BCUT2D eigenvalue weighted by molar-refractivity contribution is 5.83. The lowest BCUT2D eigenvalue weighted by Crippen LogP contribution is -2.44. The third kappa shape index (κ3) is 3.22. The van der Waals surface area contributed by atoms with Crippen molar-refractivity contribution in [2.24, 2.45) is 0 Å². The summed E-state index contributed by atoms with van der Waals surface area (Å²) in [5.74, 6) is 1.64. The molecule has 1 unspecified atom stereocenters. The summed E-state index contributed by atoms with van der Waals surface area (Å²) in [4.78, 5) is 17.2. The molecule has 142 valence electrons. The van der Waals surface area contributed by atoms with Crippen molar-refractivity contribution in [3.8, 4) is 11.5 Å². The number of fused-ring (bicyclic) bond motifs is 2. The van der Waals surface area contributed by atoms with Crippen molar-refractivity contribution >= 4 is 11.6 Å². The number of rotatable bonds is 4. The molecule has 0 N–H and O–H groups in total. The normalized spacial score (nSPS) is 18.1. The van der Waals surface area contributed by atoms with Crippen molar-refractivity contribution in [3.05, 3.63) is 53.1 Å². The van der Waals surface area contributed by atoms with E-state index in [1.807, 2.05) is 23.1 Å². The smallest absolute Gasteiger partial charge is 0.242 e. The van der Waals surface area contributed by atoms with Gasteiger partial charge in [0.1, 0.15) is 0 Å². The van der Waals surface area contributed by atoms with E-state index in [0.29, 0.717) is 24.9 Å². The van der Waals surface area contributed by atoms with Gasteiger partial charge in [-0.05, 0) is 54.7 Å². The molecule has 0 spiro atoms. The zero-order valence-electron chi connectivity index (χ0n) is 16.2. The molecular formula is C22H26N2O3. The van der Waals surface area contributed by atoms with E-state index >= 15 is 0 Å². The Balaban J connectivity index is 1.50. The molecule has 0 fully saturated rings. The van der Waals surface area contributed by atoms with Crippen LogP contribution in [0.5, 0.6) is 11.5 Å². The van der Waals surface area contributed by atoms with Crippen LogP contribution in [0.4, 0.5) is 5.69 Å². The predicted molar refractivity (Wildman–Crippen MR) is 106 cm³/mol. The van der Waals surface area contributed by atoms with E-state index in [2.05, 4.69) is 30.0 Å². The Bertz CT molecular complexity index is 865. The number of anilines is 1. The van der Waals surface area contributed by atoms with Crippen molar-refractivity contribution in [1.29, 1.82) is 0 Å². The maximum Gasteiger partial charge on any atom is 0.242 e. The number of nitrogens with zero attached hydrogens (tertiary/aromatic N) is 2. The third-order valence-corrected chi connectivity index (χ3v) is 5.72. The van der Waals surface area contributed by atoms with Gasteiger partial charge < -0.3 is 19.3 Å². The van der Waals surface area contributed by atoms with Crippen LogP contribution in [-0.2, 0) is 24.2 Å². The van der Waals surface area contributed by atoms with Crippen molar-refractivity contribution in [2.45, 2.75) is 32.4 Å². The second-order valence-electron chi connectivity index (χ2n) is 7.35. The Hall–Kier alpha value is -2.69. The first kappa shape index (κ1) is 17.7. The molecule has 27 heavy (non-hydrogen) atoms. The first-order valence-electron chi connectivity index (χ1n) is 9.46. The maximum absolute atomic E-state index is 13.0. The molecule has 0 saturated carbocycles. The highest BCUT2D eigenvalue weighted by Crippen LogP contribution is 2.34. The van der Waals surface area contributed by atoms with E-state index in [1.165, 1.54) is 16.8 Å². The van der Waals surface area contributed by atoms with Gasteiger partial charge in [0.05, 0.1) is 20.8 Å². The second-order valence-corrected chi connectivity index (χ2v) is 7.35. The predicted octanol–water partition coefficient (Wildman–Crippen LogP) is 3.04. The van der Waals surface area contributed by atoms with Gasteiger partial charge in [0.2, 0.25) is 5.91 Å². The molecule has 0 saturated heterocycles. The lowest BCUT2D eigenvalue weighted by atomic mass is 9.98. The number of carbonyl (C=O) groups excluding carboxylic acids is 1. The Morgan fingerprint density at radius 3 is 2.52 bits per heavy atom. The number of hydrogen-bond acceptors (Lipinski definition) is 4. The fourth-order valence-electron chi connectivity index (χ4n) is 4.21. The van der Waals surface area contributed by atoms with Crippen molar-refractivity contribution < 1.29 is 14.3 Å². The van der Waals surface area contributed by atoms with Crippen LogP contribution < -0.4 is 14.4 Å². The van der Waals surface area contributed by atoms with Crippen LogP contribution in [0.1, 0.15) is 23.6 Å². The molecule has 2 aromatic carbocycles. The van der Waals surface area contributed by atoms with Gasteiger partial charge in [-0.25, -0.2) is 0 Å². The van der Waals surface area contributed by atoms with E-state index in [9.17, 15) is 4.79 Å². The molecule has 0 bridgehead atoms. The van der Waals surface area contributed by atoms with Gasteiger partial charge in [-0.2, -0.15) is 0 Å². The second kappa shape index (κ2) is 7.14. The zero-order chi connectivity index (χ0) is 19.0. The molecule has 0 aromatic heterocycles. The van der Waals surface area contributed by atoms with Crippen LogP contribution in [0.25, 0.3) is 0 Å². The van der Waals surface area contributed by atoms with Crippen molar-refractivity contribution in [3.63, 3.8) is 0 Å². The van der Waals surface area contributed by atoms with Gasteiger partial charge in [-0.3, -0.25) is 4.79 Å². The molecule has 1 atom stereocenters. The van der Waals surface area contributed by atoms with Gasteiger partial charge >= 0.3 is 0 Å². The molecule has 1 amide bonds. The van der Waals surface area contributed by atoms with E-state index in [4.69, 9.17) is 9.47 Å². The van der Waals surface area contributed by atoms with E-state index in [1.54, 1.807) is 14.2 Å². The van der Waals surface area contributed by atoms with Crippen LogP contribution in [0.15, 0.2) is 36.4 Å². The molecule has 2 aliphatic heterocycles. The monoisotopic (exact) mass is 366 g/mol. The quantitative estimate of drug-likeness (QED) is 0.834.